The second-order valence-electron chi connectivity index (χ2n) is 6.11. The van der Waals surface area contributed by atoms with Crippen molar-refractivity contribution >= 4 is 15.6 Å². The van der Waals surface area contributed by atoms with Gasteiger partial charge in [0.15, 0.2) is 15.6 Å². The molecule has 0 saturated carbocycles. The highest BCUT2D eigenvalue weighted by atomic mass is 32.2. The number of ketones is 1. The average Bonchev–Trinajstić information content (AvgIpc) is 2.73. The van der Waals surface area contributed by atoms with E-state index >= 15 is 0 Å². The highest BCUT2D eigenvalue weighted by Gasteiger charge is 2.31. The zero-order valence-electron chi connectivity index (χ0n) is 14.9. The predicted molar refractivity (Wildman–Crippen MR) is 105 cm³/mol. The third kappa shape index (κ3) is 4.26. The lowest BCUT2D eigenvalue weighted by atomic mass is 10.0. The fraction of sp³-hybridized carbons (Fsp3) is 0.136. The minimum absolute atomic E-state index is 0.123. The van der Waals surface area contributed by atoms with Crippen molar-refractivity contribution in [2.45, 2.75) is 16.6 Å². The second-order valence-corrected chi connectivity index (χ2v) is 8.24. The van der Waals surface area contributed by atoms with Crippen LogP contribution in [0.5, 0.6) is 5.75 Å². The molecular weight excluding hydrogens is 360 g/mol. The number of hydrogen-bond donors (Lipinski definition) is 0. The average molecular weight is 380 g/mol. The van der Waals surface area contributed by atoms with E-state index in [1.54, 1.807) is 60.7 Å². The Morgan fingerprint density at radius 3 is 1.96 bits per heavy atom. The molecule has 0 aliphatic rings. The van der Waals surface area contributed by atoms with Gasteiger partial charge in [-0.1, -0.05) is 60.7 Å². The molecule has 0 saturated heterocycles. The van der Waals surface area contributed by atoms with Gasteiger partial charge in [0.25, 0.3) is 0 Å². The number of hydrogen-bond acceptors (Lipinski definition) is 4. The maximum Gasteiger partial charge on any atom is 0.185 e. The number of benzene rings is 3. The molecule has 0 spiro atoms. The van der Waals surface area contributed by atoms with Crippen molar-refractivity contribution < 1.29 is 17.9 Å². The van der Waals surface area contributed by atoms with Crippen LogP contribution in [0.1, 0.15) is 27.6 Å². The van der Waals surface area contributed by atoms with Gasteiger partial charge in [0.2, 0.25) is 0 Å². The summed E-state index contributed by atoms with van der Waals surface area (Å²) in [5, 5.41) is -0.959. The standard InChI is InChI=1S/C22H20O4S/c1-26-19-12-14-20(15-13-19)27(24,25)22(18-10-6-3-7-11-18)16-21(23)17-8-4-2-5-9-17/h2-15,22H,16H2,1H3/t22-/m0/s1. The number of carbonyl (C=O) groups excluding carboxylic acids is 1. The molecule has 0 heterocycles. The summed E-state index contributed by atoms with van der Waals surface area (Å²) in [6.45, 7) is 0. The fourth-order valence-electron chi connectivity index (χ4n) is 2.91. The summed E-state index contributed by atoms with van der Waals surface area (Å²) in [5.74, 6) is 0.368. The Labute approximate surface area is 159 Å². The van der Waals surface area contributed by atoms with Crippen molar-refractivity contribution in [1.82, 2.24) is 0 Å². The van der Waals surface area contributed by atoms with Crippen molar-refractivity contribution in [3.8, 4) is 5.75 Å². The van der Waals surface area contributed by atoms with E-state index in [1.165, 1.54) is 19.2 Å². The molecule has 0 aliphatic carbocycles. The largest absolute Gasteiger partial charge is 0.497 e. The van der Waals surface area contributed by atoms with Crippen LogP contribution in [-0.4, -0.2) is 21.3 Å². The Morgan fingerprint density at radius 2 is 1.41 bits per heavy atom. The summed E-state index contributed by atoms with van der Waals surface area (Å²) in [6, 6.07) is 23.8. The molecule has 0 aromatic heterocycles. The maximum absolute atomic E-state index is 13.3. The van der Waals surface area contributed by atoms with Gasteiger partial charge in [-0.05, 0) is 29.8 Å². The van der Waals surface area contributed by atoms with Crippen molar-refractivity contribution in [3.63, 3.8) is 0 Å². The number of methoxy groups -OCH3 is 1. The predicted octanol–water partition coefficient (Wildman–Crippen LogP) is 4.48. The van der Waals surface area contributed by atoms with Crippen molar-refractivity contribution in [2.75, 3.05) is 7.11 Å². The first kappa shape index (κ1) is 18.9. The topological polar surface area (TPSA) is 60.4 Å². The third-order valence-electron chi connectivity index (χ3n) is 4.40. The van der Waals surface area contributed by atoms with Crippen molar-refractivity contribution in [2.24, 2.45) is 0 Å². The Morgan fingerprint density at radius 1 is 0.852 bits per heavy atom. The molecule has 5 heteroatoms. The van der Waals surface area contributed by atoms with Gasteiger partial charge in [0.1, 0.15) is 5.75 Å². The monoisotopic (exact) mass is 380 g/mol. The van der Waals surface area contributed by atoms with Crippen LogP contribution < -0.4 is 4.74 Å². The maximum atomic E-state index is 13.3. The van der Waals surface area contributed by atoms with Gasteiger partial charge in [-0.15, -0.1) is 0 Å². The summed E-state index contributed by atoms with van der Waals surface area (Å²) >= 11 is 0. The van der Waals surface area contributed by atoms with Crippen LogP contribution >= 0.6 is 0 Å². The SMILES string of the molecule is COc1ccc(S(=O)(=O)[C@@H](CC(=O)c2ccccc2)c2ccccc2)cc1. The van der Waals surface area contributed by atoms with E-state index < -0.39 is 15.1 Å². The lowest BCUT2D eigenvalue weighted by Crippen LogP contribution is -2.18. The number of ether oxygens (including phenoxy) is 1. The molecule has 0 aliphatic heterocycles. The van der Waals surface area contributed by atoms with Crippen LogP contribution in [0.3, 0.4) is 0 Å². The molecule has 0 radical (unpaired) electrons. The van der Waals surface area contributed by atoms with Crippen LogP contribution in [0.25, 0.3) is 0 Å². The summed E-state index contributed by atoms with van der Waals surface area (Å²) in [6.07, 6.45) is -0.123. The first-order valence-electron chi connectivity index (χ1n) is 8.53. The van der Waals surface area contributed by atoms with Gasteiger partial charge in [0, 0.05) is 12.0 Å². The normalized spacial score (nSPS) is 12.3. The Balaban J connectivity index is 2.00. The highest BCUT2D eigenvalue weighted by Crippen LogP contribution is 2.33. The van der Waals surface area contributed by atoms with E-state index in [0.717, 1.165) is 0 Å². The summed E-state index contributed by atoms with van der Waals surface area (Å²) in [5.41, 5.74) is 1.10. The van der Waals surface area contributed by atoms with Crippen molar-refractivity contribution in [3.05, 3.63) is 96.1 Å². The van der Waals surface area contributed by atoms with Crippen LogP contribution in [0, 0.1) is 0 Å². The summed E-state index contributed by atoms with van der Waals surface area (Å²) in [7, 11) is -2.24. The van der Waals surface area contributed by atoms with E-state index in [2.05, 4.69) is 0 Å². The lowest BCUT2D eigenvalue weighted by Gasteiger charge is -2.18. The number of sulfone groups is 1. The van der Waals surface area contributed by atoms with Crippen LogP contribution in [0.15, 0.2) is 89.8 Å². The third-order valence-corrected chi connectivity index (χ3v) is 6.52. The molecule has 3 aromatic rings. The number of rotatable bonds is 7. The van der Waals surface area contributed by atoms with Gasteiger partial charge >= 0.3 is 0 Å². The molecule has 3 rings (SSSR count). The fourth-order valence-corrected chi connectivity index (χ4v) is 4.64. The van der Waals surface area contributed by atoms with Crippen LogP contribution in [0.4, 0.5) is 0 Å². The summed E-state index contributed by atoms with van der Waals surface area (Å²) in [4.78, 5) is 12.9. The van der Waals surface area contributed by atoms with Gasteiger partial charge in [0.05, 0.1) is 17.3 Å². The molecule has 0 N–H and O–H groups in total. The van der Waals surface area contributed by atoms with Gasteiger partial charge in [-0.3, -0.25) is 4.79 Å². The van der Waals surface area contributed by atoms with E-state index in [0.29, 0.717) is 16.9 Å². The van der Waals surface area contributed by atoms with E-state index in [-0.39, 0.29) is 17.1 Å². The molecule has 0 amide bonds. The first-order valence-corrected chi connectivity index (χ1v) is 10.1. The summed E-state index contributed by atoms with van der Waals surface area (Å²) < 4.78 is 31.7. The molecule has 1 atom stereocenters. The highest BCUT2D eigenvalue weighted by molar-refractivity contribution is 7.91. The minimum Gasteiger partial charge on any atom is -0.497 e. The molecule has 0 unspecified atom stereocenters. The number of Topliss-reactive ketones (excluding diaryl/α,β-unsaturated/α-hetero) is 1. The smallest absolute Gasteiger partial charge is 0.185 e. The van der Waals surface area contributed by atoms with E-state index in [1.807, 2.05) is 12.1 Å². The molecular formula is C22H20O4S. The Hall–Kier alpha value is -2.92. The molecule has 0 fully saturated rings. The van der Waals surface area contributed by atoms with Gasteiger partial charge in [-0.2, -0.15) is 0 Å². The zero-order valence-corrected chi connectivity index (χ0v) is 15.7. The molecule has 0 bridgehead atoms. The van der Waals surface area contributed by atoms with Crippen LogP contribution in [0.2, 0.25) is 0 Å². The van der Waals surface area contributed by atoms with Gasteiger partial charge < -0.3 is 4.74 Å². The molecule has 3 aromatic carbocycles. The quantitative estimate of drug-likeness (QED) is 0.567. The second kappa shape index (κ2) is 8.18. The lowest BCUT2D eigenvalue weighted by molar-refractivity contribution is 0.0980. The number of carbonyl (C=O) groups is 1. The van der Waals surface area contributed by atoms with E-state index in [9.17, 15) is 13.2 Å². The van der Waals surface area contributed by atoms with Crippen molar-refractivity contribution in [1.29, 1.82) is 0 Å². The molecule has 4 nitrogen and oxygen atoms in total. The molecule has 27 heavy (non-hydrogen) atoms. The van der Waals surface area contributed by atoms with Crippen LogP contribution in [-0.2, 0) is 9.84 Å². The van der Waals surface area contributed by atoms with Gasteiger partial charge in [-0.25, -0.2) is 8.42 Å². The van der Waals surface area contributed by atoms with E-state index in [4.69, 9.17) is 4.74 Å². The first-order chi connectivity index (χ1) is 13.0. The Bertz CT molecular complexity index is 995. The minimum atomic E-state index is -3.76. The Kier molecular flexibility index (Phi) is 5.72. The molecule has 138 valence electrons. The zero-order chi connectivity index (χ0) is 19.3.